The maximum absolute atomic E-state index is 11.4. The SMILES string of the molecule is CC1=C2C[C@@](C)(C(=O)O)C[C@H]2C[C@@H](C)C12CC2. The maximum Gasteiger partial charge on any atom is 0.309 e. The molecule has 0 aromatic rings. The van der Waals surface area contributed by atoms with E-state index in [1.807, 2.05) is 6.92 Å². The van der Waals surface area contributed by atoms with Crippen LogP contribution in [0, 0.1) is 22.7 Å². The molecule has 17 heavy (non-hydrogen) atoms. The van der Waals surface area contributed by atoms with Gasteiger partial charge in [0.25, 0.3) is 0 Å². The number of hydrogen-bond acceptors (Lipinski definition) is 1. The lowest BCUT2D eigenvalue weighted by Gasteiger charge is -2.35. The molecule has 1 spiro atoms. The van der Waals surface area contributed by atoms with Gasteiger partial charge in [-0.3, -0.25) is 4.79 Å². The third-order valence-electron chi connectivity index (χ3n) is 5.89. The van der Waals surface area contributed by atoms with Crippen LogP contribution in [0.1, 0.15) is 52.9 Å². The molecule has 0 radical (unpaired) electrons. The summed E-state index contributed by atoms with van der Waals surface area (Å²) in [6.07, 6.45) is 5.54. The summed E-state index contributed by atoms with van der Waals surface area (Å²) in [4.78, 5) is 11.4. The molecule has 0 aromatic carbocycles. The highest BCUT2D eigenvalue weighted by Crippen LogP contribution is 2.66. The molecule has 0 aromatic heterocycles. The second kappa shape index (κ2) is 3.15. The Labute approximate surface area is 103 Å². The first-order valence-electron chi connectivity index (χ1n) is 6.82. The molecule has 2 heteroatoms. The van der Waals surface area contributed by atoms with Gasteiger partial charge in [0.2, 0.25) is 0 Å². The van der Waals surface area contributed by atoms with Crippen molar-refractivity contribution >= 4 is 5.97 Å². The molecular weight excluding hydrogens is 212 g/mol. The predicted octanol–water partition coefficient (Wildman–Crippen LogP) is 3.62. The van der Waals surface area contributed by atoms with Gasteiger partial charge in [-0.15, -0.1) is 0 Å². The minimum atomic E-state index is -0.607. The van der Waals surface area contributed by atoms with E-state index in [-0.39, 0.29) is 0 Å². The zero-order chi connectivity index (χ0) is 12.4. The lowest BCUT2D eigenvalue weighted by Crippen LogP contribution is -2.25. The van der Waals surface area contributed by atoms with Crippen molar-refractivity contribution in [3.63, 3.8) is 0 Å². The van der Waals surface area contributed by atoms with Crippen molar-refractivity contribution in [2.24, 2.45) is 22.7 Å². The summed E-state index contributed by atoms with van der Waals surface area (Å²) in [6, 6.07) is 0. The molecule has 3 atom stereocenters. The lowest BCUT2D eigenvalue weighted by atomic mass is 9.70. The van der Waals surface area contributed by atoms with Crippen molar-refractivity contribution < 1.29 is 9.90 Å². The van der Waals surface area contributed by atoms with Crippen LogP contribution in [0.15, 0.2) is 11.1 Å². The molecule has 0 unspecified atom stereocenters. The topological polar surface area (TPSA) is 37.3 Å². The molecular formula is C15H22O2. The van der Waals surface area contributed by atoms with Crippen molar-refractivity contribution in [2.45, 2.75) is 52.9 Å². The molecule has 3 aliphatic rings. The number of fused-ring (bicyclic) bond motifs is 1. The van der Waals surface area contributed by atoms with E-state index in [1.54, 1.807) is 5.57 Å². The van der Waals surface area contributed by atoms with Crippen LogP contribution in [-0.4, -0.2) is 11.1 Å². The summed E-state index contributed by atoms with van der Waals surface area (Å²) >= 11 is 0. The van der Waals surface area contributed by atoms with Crippen LogP contribution in [-0.2, 0) is 4.79 Å². The van der Waals surface area contributed by atoms with Gasteiger partial charge in [0, 0.05) is 0 Å². The van der Waals surface area contributed by atoms with Gasteiger partial charge in [-0.2, -0.15) is 0 Å². The first-order valence-corrected chi connectivity index (χ1v) is 6.82. The van der Waals surface area contributed by atoms with Gasteiger partial charge < -0.3 is 5.11 Å². The molecule has 0 amide bonds. The number of aliphatic carboxylic acids is 1. The van der Waals surface area contributed by atoms with Crippen molar-refractivity contribution in [1.82, 2.24) is 0 Å². The maximum atomic E-state index is 11.4. The smallest absolute Gasteiger partial charge is 0.309 e. The van der Waals surface area contributed by atoms with Crippen LogP contribution in [0.2, 0.25) is 0 Å². The molecule has 3 rings (SSSR count). The molecule has 0 saturated heterocycles. The molecule has 0 aliphatic heterocycles. The van der Waals surface area contributed by atoms with Crippen LogP contribution >= 0.6 is 0 Å². The molecule has 3 aliphatic carbocycles. The number of allylic oxidation sites excluding steroid dienone is 2. The highest BCUT2D eigenvalue weighted by Gasteiger charge is 2.56. The van der Waals surface area contributed by atoms with Crippen molar-refractivity contribution in [3.05, 3.63) is 11.1 Å². The summed E-state index contributed by atoms with van der Waals surface area (Å²) in [5.41, 5.74) is 3.05. The van der Waals surface area contributed by atoms with Crippen LogP contribution in [0.25, 0.3) is 0 Å². The predicted molar refractivity (Wildman–Crippen MR) is 66.6 cm³/mol. The number of rotatable bonds is 1. The first kappa shape index (κ1) is 11.3. The third-order valence-corrected chi connectivity index (χ3v) is 5.89. The minimum absolute atomic E-state index is 0.482. The van der Waals surface area contributed by atoms with E-state index >= 15 is 0 Å². The van der Waals surface area contributed by atoms with E-state index in [0.717, 1.165) is 18.8 Å². The average molecular weight is 234 g/mol. The fraction of sp³-hybridized carbons (Fsp3) is 0.800. The molecule has 2 nitrogen and oxygen atoms in total. The summed E-state index contributed by atoms with van der Waals surface area (Å²) in [7, 11) is 0. The van der Waals surface area contributed by atoms with E-state index in [1.165, 1.54) is 24.8 Å². The van der Waals surface area contributed by atoms with E-state index < -0.39 is 11.4 Å². The van der Waals surface area contributed by atoms with Crippen LogP contribution in [0.4, 0.5) is 0 Å². The Morgan fingerprint density at radius 1 is 1.41 bits per heavy atom. The van der Waals surface area contributed by atoms with E-state index in [9.17, 15) is 9.90 Å². The largest absolute Gasteiger partial charge is 0.481 e. The van der Waals surface area contributed by atoms with E-state index in [4.69, 9.17) is 0 Å². The second-order valence-corrected chi connectivity index (χ2v) is 6.89. The number of carbonyl (C=O) groups is 1. The Morgan fingerprint density at radius 3 is 2.59 bits per heavy atom. The molecule has 2 saturated carbocycles. The Kier molecular flexibility index (Phi) is 2.10. The Bertz CT molecular complexity index is 417. The number of carboxylic acids is 1. The van der Waals surface area contributed by atoms with Gasteiger partial charge >= 0.3 is 5.97 Å². The van der Waals surface area contributed by atoms with Gasteiger partial charge in [-0.1, -0.05) is 18.1 Å². The Hall–Kier alpha value is -0.790. The van der Waals surface area contributed by atoms with Gasteiger partial charge in [0.1, 0.15) is 0 Å². The molecule has 94 valence electrons. The molecule has 1 N–H and O–H groups in total. The normalized spacial score (nSPS) is 42.8. The highest BCUT2D eigenvalue weighted by molar-refractivity contribution is 5.75. The molecule has 0 bridgehead atoms. The van der Waals surface area contributed by atoms with Crippen molar-refractivity contribution in [2.75, 3.05) is 0 Å². The van der Waals surface area contributed by atoms with E-state index in [2.05, 4.69) is 13.8 Å². The zero-order valence-electron chi connectivity index (χ0n) is 11.0. The van der Waals surface area contributed by atoms with Crippen molar-refractivity contribution in [3.8, 4) is 0 Å². The summed E-state index contributed by atoms with van der Waals surface area (Å²) < 4.78 is 0. The fourth-order valence-electron chi connectivity index (χ4n) is 4.48. The van der Waals surface area contributed by atoms with Crippen LogP contribution in [0.5, 0.6) is 0 Å². The Morgan fingerprint density at radius 2 is 2.06 bits per heavy atom. The summed E-state index contributed by atoms with van der Waals surface area (Å²) in [5.74, 6) is 0.703. The van der Waals surface area contributed by atoms with Crippen LogP contribution < -0.4 is 0 Å². The van der Waals surface area contributed by atoms with Gasteiger partial charge in [-0.05, 0) is 63.2 Å². The van der Waals surface area contributed by atoms with Crippen LogP contribution in [0.3, 0.4) is 0 Å². The Balaban J connectivity index is 1.99. The van der Waals surface area contributed by atoms with Gasteiger partial charge in [0.15, 0.2) is 0 Å². The molecule has 0 heterocycles. The monoisotopic (exact) mass is 234 g/mol. The highest BCUT2D eigenvalue weighted by atomic mass is 16.4. The van der Waals surface area contributed by atoms with Crippen molar-refractivity contribution in [1.29, 1.82) is 0 Å². The fourth-order valence-corrected chi connectivity index (χ4v) is 4.48. The molecule has 2 fully saturated rings. The summed E-state index contributed by atoms with van der Waals surface area (Å²) in [5, 5.41) is 9.39. The van der Waals surface area contributed by atoms with E-state index in [0.29, 0.717) is 11.3 Å². The number of carboxylic acid groups (broad SMARTS) is 1. The number of hydrogen-bond donors (Lipinski definition) is 1. The first-order chi connectivity index (χ1) is 7.89. The lowest BCUT2D eigenvalue weighted by molar-refractivity contribution is -0.147. The zero-order valence-corrected chi connectivity index (χ0v) is 11.0. The minimum Gasteiger partial charge on any atom is -0.481 e. The van der Waals surface area contributed by atoms with Gasteiger partial charge in [-0.25, -0.2) is 0 Å². The second-order valence-electron chi connectivity index (χ2n) is 6.89. The third kappa shape index (κ3) is 1.36. The average Bonchev–Trinajstić information content (AvgIpc) is 2.97. The summed E-state index contributed by atoms with van der Waals surface area (Å²) in [6.45, 7) is 6.57. The standard InChI is InChI=1S/C15H22O2/c1-9-6-11-7-14(3,13(16)17)8-12(11)10(2)15(9)4-5-15/h9,11H,4-8H2,1-3H3,(H,16,17)/t9-,11-,14+/m1/s1. The quantitative estimate of drug-likeness (QED) is 0.703. The van der Waals surface area contributed by atoms with Gasteiger partial charge in [0.05, 0.1) is 5.41 Å².